The number of allylic oxidation sites excluding steroid dienone is 1. The van der Waals surface area contributed by atoms with E-state index in [1.165, 1.54) is 6.42 Å². The topological polar surface area (TPSA) is 108 Å². The molecule has 1 saturated carbocycles. The zero-order valence-electron chi connectivity index (χ0n) is 12.9. The predicted octanol–water partition coefficient (Wildman–Crippen LogP) is 1.15. The predicted molar refractivity (Wildman–Crippen MR) is 82.4 cm³/mol. The minimum atomic E-state index is -1.10. The molecule has 7 heteroatoms. The van der Waals surface area contributed by atoms with Crippen LogP contribution < -0.4 is 16.0 Å². The molecule has 0 aromatic carbocycles. The van der Waals surface area contributed by atoms with Gasteiger partial charge in [0.1, 0.15) is 6.04 Å². The molecule has 124 valence electrons. The Morgan fingerprint density at radius 3 is 2.50 bits per heavy atom. The molecule has 4 N–H and O–H groups in total. The molecule has 1 aliphatic carbocycles. The van der Waals surface area contributed by atoms with Gasteiger partial charge in [0.05, 0.1) is 6.54 Å². The molecule has 1 aliphatic rings. The van der Waals surface area contributed by atoms with Gasteiger partial charge in [0.25, 0.3) is 0 Å². The first-order valence-corrected chi connectivity index (χ1v) is 7.70. The van der Waals surface area contributed by atoms with E-state index in [4.69, 9.17) is 5.11 Å². The van der Waals surface area contributed by atoms with Crippen LogP contribution in [0.5, 0.6) is 0 Å². The number of aliphatic carboxylic acids is 1. The molecule has 7 nitrogen and oxygen atoms in total. The highest BCUT2D eigenvalue weighted by atomic mass is 16.4. The van der Waals surface area contributed by atoms with Crippen molar-refractivity contribution in [3.05, 3.63) is 12.2 Å². The first-order valence-electron chi connectivity index (χ1n) is 7.70. The van der Waals surface area contributed by atoms with E-state index in [0.29, 0.717) is 0 Å². The van der Waals surface area contributed by atoms with Crippen LogP contribution >= 0.6 is 0 Å². The van der Waals surface area contributed by atoms with Crippen LogP contribution in [-0.2, 0) is 9.59 Å². The van der Waals surface area contributed by atoms with E-state index >= 15 is 0 Å². The second-order valence-corrected chi connectivity index (χ2v) is 5.43. The molecule has 1 fully saturated rings. The Bertz CT molecular complexity index is 417. The Morgan fingerprint density at radius 2 is 1.91 bits per heavy atom. The summed E-state index contributed by atoms with van der Waals surface area (Å²) in [6, 6.07) is -1.20. The number of urea groups is 1. The number of hydrogen-bond donors (Lipinski definition) is 4. The highest BCUT2D eigenvalue weighted by Gasteiger charge is 2.19. The maximum Gasteiger partial charge on any atom is 0.326 e. The van der Waals surface area contributed by atoms with E-state index in [0.717, 1.165) is 25.7 Å². The molecule has 0 aromatic rings. The number of carboxylic acid groups (broad SMARTS) is 1. The summed E-state index contributed by atoms with van der Waals surface area (Å²) in [5, 5.41) is 16.7. The zero-order chi connectivity index (χ0) is 16.4. The third kappa shape index (κ3) is 7.10. The van der Waals surface area contributed by atoms with Crippen LogP contribution in [0.15, 0.2) is 12.2 Å². The summed E-state index contributed by atoms with van der Waals surface area (Å²) in [5.41, 5.74) is 0. The largest absolute Gasteiger partial charge is 0.480 e. The third-order valence-corrected chi connectivity index (χ3v) is 3.59. The average molecular weight is 311 g/mol. The van der Waals surface area contributed by atoms with Crippen molar-refractivity contribution in [2.45, 2.75) is 57.5 Å². The summed E-state index contributed by atoms with van der Waals surface area (Å²) in [5.74, 6) is -1.62. The zero-order valence-corrected chi connectivity index (χ0v) is 12.9. The molecular formula is C15H25N3O4. The van der Waals surface area contributed by atoms with E-state index in [1.54, 1.807) is 19.1 Å². The summed E-state index contributed by atoms with van der Waals surface area (Å²) < 4.78 is 0. The van der Waals surface area contributed by atoms with Crippen molar-refractivity contribution < 1.29 is 19.5 Å². The van der Waals surface area contributed by atoms with Crippen LogP contribution in [0.4, 0.5) is 4.79 Å². The summed E-state index contributed by atoms with van der Waals surface area (Å²) in [6.07, 6.45) is 8.94. The first-order chi connectivity index (χ1) is 10.5. The van der Waals surface area contributed by atoms with Crippen LogP contribution in [0.25, 0.3) is 0 Å². The maximum absolute atomic E-state index is 11.7. The van der Waals surface area contributed by atoms with Gasteiger partial charge in [-0.15, -0.1) is 0 Å². The SMILES string of the molecule is C/C=C/CC(NC(=O)CNC(=O)NC1CCCCC1)C(=O)O. The summed E-state index contributed by atoms with van der Waals surface area (Å²) >= 11 is 0. The molecule has 0 spiro atoms. The Balaban J connectivity index is 2.28. The molecule has 1 atom stereocenters. The second-order valence-electron chi connectivity index (χ2n) is 5.43. The van der Waals surface area contributed by atoms with Crippen molar-refractivity contribution in [2.75, 3.05) is 6.54 Å². The summed E-state index contributed by atoms with van der Waals surface area (Å²) in [7, 11) is 0. The Morgan fingerprint density at radius 1 is 1.23 bits per heavy atom. The van der Waals surface area contributed by atoms with Crippen LogP contribution in [0.1, 0.15) is 45.4 Å². The van der Waals surface area contributed by atoms with Gasteiger partial charge in [-0.1, -0.05) is 31.4 Å². The van der Waals surface area contributed by atoms with Gasteiger partial charge in [-0.25, -0.2) is 9.59 Å². The monoisotopic (exact) mass is 311 g/mol. The number of hydrogen-bond acceptors (Lipinski definition) is 3. The second kappa shape index (κ2) is 9.81. The fraction of sp³-hybridized carbons (Fsp3) is 0.667. The van der Waals surface area contributed by atoms with Crippen LogP contribution in [0.3, 0.4) is 0 Å². The van der Waals surface area contributed by atoms with Crippen molar-refractivity contribution in [1.82, 2.24) is 16.0 Å². The highest BCUT2D eigenvalue weighted by molar-refractivity contribution is 5.87. The molecule has 0 aromatic heterocycles. The van der Waals surface area contributed by atoms with Gasteiger partial charge in [-0.2, -0.15) is 0 Å². The van der Waals surface area contributed by atoms with E-state index in [9.17, 15) is 14.4 Å². The van der Waals surface area contributed by atoms with E-state index in [1.807, 2.05) is 0 Å². The number of carboxylic acids is 1. The lowest BCUT2D eigenvalue weighted by Gasteiger charge is -2.22. The molecule has 0 radical (unpaired) electrons. The van der Waals surface area contributed by atoms with E-state index < -0.39 is 17.9 Å². The fourth-order valence-corrected chi connectivity index (χ4v) is 2.38. The standard InChI is InChI=1S/C15H25N3O4/c1-2-3-9-12(14(20)21)18-13(19)10-16-15(22)17-11-7-5-4-6-8-11/h2-3,11-12H,4-10H2,1H3,(H,18,19)(H,20,21)(H2,16,17,22)/b3-2+. The third-order valence-electron chi connectivity index (χ3n) is 3.59. The molecule has 0 saturated heterocycles. The molecule has 22 heavy (non-hydrogen) atoms. The number of nitrogens with one attached hydrogen (secondary N) is 3. The maximum atomic E-state index is 11.7. The minimum Gasteiger partial charge on any atom is -0.480 e. The van der Waals surface area contributed by atoms with Crippen LogP contribution in [-0.4, -0.2) is 41.6 Å². The Hall–Kier alpha value is -2.05. The average Bonchev–Trinajstić information content (AvgIpc) is 2.50. The fourth-order valence-electron chi connectivity index (χ4n) is 2.38. The molecule has 0 bridgehead atoms. The number of carbonyl (C=O) groups is 3. The van der Waals surface area contributed by atoms with Crippen molar-refractivity contribution in [3.63, 3.8) is 0 Å². The lowest BCUT2D eigenvalue weighted by atomic mass is 9.96. The lowest BCUT2D eigenvalue weighted by Crippen LogP contribution is -2.49. The number of rotatable bonds is 7. The van der Waals surface area contributed by atoms with Gasteiger partial charge in [-0.05, 0) is 26.2 Å². The summed E-state index contributed by atoms with van der Waals surface area (Å²) in [4.78, 5) is 34.3. The van der Waals surface area contributed by atoms with Crippen molar-refractivity contribution in [3.8, 4) is 0 Å². The Labute approximate surface area is 130 Å². The van der Waals surface area contributed by atoms with Gasteiger partial charge in [0.15, 0.2) is 0 Å². The van der Waals surface area contributed by atoms with Crippen LogP contribution in [0.2, 0.25) is 0 Å². The Kier molecular flexibility index (Phi) is 8.03. The molecule has 1 rings (SSSR count). The van der Waals surface area contributed by atoms with Crippen molar-refractivity contribution in [2.24, 2.45) is 0 Å². The highest BCUT2D eigenvalue weighted by Crippen LogP contribution is 2.16. The quantitative estimate of drug-likeness (QED) is 0.529. The van der Waals surface area contributed by atoms with Gasteiger partial charge in [0.2, 0.25) is 5.91 Å². The molecular weight excluding hydrogens is 286 g/mol. The minimum absolute atomic E-state index is 0.165. The number of carbonyl (C=O) groups excluding carboxylic acids is 2. The lowest BCUT2D eigenvalue weighted by molar-refractivity contribution is -0.141. The van der Waals surface area contributed by atoms with Crippen molar-refractivity contribution >= 4 is 17.9 Å². The molecule has 1 unspecified atom stereocenters. The molecule has 0 heterocycles. The van der Waals surface area contributed by atoms with Crippen LogP contribution in [0, 0.1) is 0 Å². The number of amides is 3. The molecule has 3 amide bonds. The van der Waals surface area contributed by atoms with Gasteiger partial charge in [-0.3, -0.25) is 4.79 Å². The molecule has 0 aliphatic heterocycles. The first kappa shape index (κ1) is 18.0. The van der Waals surface area contributed by atoms with Crippen molar-refractivity contribution in [1.29, 1.82) is 0 Å². The summed E-state index contributed by atoms with van der Waals surface area (Å²) in [6.45, 7) is 1.54. The van der Waals surface area contributed by atoms with E-state index in [-0.39, 0.29) is 25.0 Å². The van der Waals surface area contributed by atoms with Gasteiger partial charge in [0, 0.05) is 6.04 Å². The van der Waals surface area contributed by atoms with Gasteiger partial charge < -0.3 is 21.1 Å². The van der Waals surface area contributed by atoms with Gasteiger partial charge >= 0.3 is 12.0 Å². The smallest absolute Gasteiger partial charge is 0.326 e. The normalized spacial score (nSPS) is 17.0. The van der Waals surface area contributed by atoms with E-state index in [2.05, 4.69) is 16.0 Å².